The number of nitrogens with two attached hydrogens (primary N) is 1. The molecule has 0 radical (unpaired) electrons. The molecule has 0 fully saturated rings. The highest BCUT2D eigenvalue weighted by Crippen LogP contribution is 2.25. The van der Waals surface area contributed by atoms with Crippen molar-refractivity contribution >= 4 is 15.9 Å². The lowest BCUT2D eigenvalue weighted by Crippen LogP contribution is -2.33. The highest BCUT2D eigenvalue weighted by molar-refractivity contribution is 9.10. The molecule has 1 unspecified atom stereocenters. The van der Waals surface area contributed by atoms with Crippen LogP contribution in [0.1, 0.15) is 5.56 Å². The van der Waals surface area contributed by atoms with Crippen molar-refractivity contribution in [3.05, 3.63) is 28.2 Å². The predicted octanol–water partition coefficient (Wildman–Crippen LogP) is 1.21. The number of rotatable bonds is 6. The van der Waals surface area contributed by atoms with Crippen molar-refractivity contribution in [1.82, 2.24) is 4.90 Å². The summed E-state index contributed by atoms with van der Waals surface area (Å²) in [5.74, 6) is 0.818. The molecule has 1 rings (SSSR count). The third-order valence-corrected chi connectivity index (χ3v) is 3.08. The summed E-state index contributed by atoms with van der Waals surface area (Å²) < 4.78 is 6.11. The quantitative estimate of drug-likeness (QED) is 0.829. The van der Waals surface area contributed by atoms with Crippen molar-refractivity contribution < 1.29 is 9.84 Å². The van der Waals surface area contributed by atoms with Crippen LogP contribution in [-0.4, -0.2) is 43.4 Å². The standard InChI is InChI=1S/C12H19BrN2O2/c1-15(8-10(16)6-14)7-9-3-4-12(17-2)11(13)5-9/h3-5,10,16H,6-8,14H2,1-2H3. The Balaban J connectivity index is 2.59. The van der Waals surface area contributed by atoms with E-state index in [2.05, 4.69) is 15.9 Å². The lowest BCUT2D eigenvalue weighted by molar-refractivity contribution is 0.129. The van der Waals surface area contributed by atoms with Gasteiger partial charge in [0.15, 0.2) is 0 Å². The average molecular weight is 303 g/mol. The second kappa shape index (κ2) is 6.96. The first kappa shape index (κ1) is 14.4. The monoisotopic (exact) mass is 302 g/mol. The van der Waals surface area contributed by atoms with Crippen LogP contribution in [0.2, 0.25) is 0 Å². The summed E-state index contributed by atoms with van der Waals surface area (Å²) in [4.78, 5) is 2.03. The van der Waals surface area contributed by atoms with Crippen molar-refractivity contribution in [2.45, 2.75) is 12.6 Å². The second-order valence-corrected chi connectivity index (χ2v) is 4.91. The molecule has 0 heterocycles. The van der Waals surface area contributed by atoms with Crippen LogP contribution in [0.5, 0.6) is 5.75 Å². The van der Waals surface area contributed by atoms with Gasteiger partial charge in [-0.1, -0.05) is 6.07 Å². The molecule has 0 spiro atoms. The number of hydrogen-bond acceptors (Lipinski definition) is 4. The van der Waals surface area contributed by atoms with E-state index < -0.39 is 6.10 Å². The first-order chi connectivity index (χ1) is 8.06. The van der Waals surface area contributed by atoms with Crippen LogP contribution in [0.4, 0.5) is 0 Å². The van der Waals surface area contributed by atoms with Crippen molar-refractivity contribution in [2.24, 2.45) is 5.73 Å². The molecule has 0 aliphatic carbocycles. The van der Waals surface area contributed by atoms with Gasteiger partial charge in [0.1, 0.15) is 5.75 Å². The molecule has 0 aliphatic rings. The van der Waals surface area contributed by atoms with E-state index in [4.69, 9.17) is 10.5 Å². The van der Waals surface area contributed by atoms with E-state index >= 15 is 0 Å². The van der Waals surface area contributed by atoms with Crippen LogP contribution in [0.25, 0.3) is 0 Å². The van der Waals surface area contributed by atoms with Gasteiger partial charge in [0, 0.05) is 19.6 Å². The zero-order chi connectivity index (χ0) is 12.8. The van der Waals surface area contributed by atoms with Gasteiger partial charge in [-0.25, -0.2) is 0 Å². The van der Waals surface area contributed by atoms with Crippen LogP contribution in [0, 0.1) is 0 Å². The Morgan fingerprint density at radius 2 is 2.24 bits per heavy atom. The Hall–Kier alpha value is -0.620. The van der Waals surface area contributed by atoms with E-state index in [1.807, 2.05) is 30.1 Å². The molecule has 0 saturated carbocycles. The van der Waals surface area contributed by atoms with Crippen LogP contribution in [0.15, 0.2) is 22.7 Å². The van der Waals surface area contributed by atoms with Crippen molar-refractivity contribution in [1.29, 1.82) is 0 Å². The van der Waals surface area contributed by atoms with Crippen molar-refractivity contribution in [3.8, 4) is 5.75 Å². The summed E-state index contributed by atoms with van der Waals surface area (Å²) in [6.45, 7) is 1.62. The third kappa shape index (κ3) is 4.63. The normalized spacial score (nSPS) is 12.8. The van der Waals surface area contributed by atoms with Gasteiger partial charge < -0.3 is 15.6 Å². The molecule has 0 aromatic heterocycles. The number of hydrogen-bond donors (Lipinski definition) is 2. The maximum absolute atomic E-state index is 9.45. The number of ether oxygens (including phenoxy) is 1. The Morgan fingerprint density at radius 3 is 2.76 bits per heavy atom. The van der Waals surface area contributed by atoms with Crippen LogP contribution in [0.3, 0.4) is 0 Å². The van der Waals surface area contributed by atoms with E-state index in [-0.39, 0.29) is 6.54 Å². The molecule has 0 amide bonds. The number of nitrogens with zero attached hydrogens (tertiary/aromatic N) is 1. The summed E-state index contributed by atoms with van der Waals surface area (Å²) in [5, 5.41) is 9.45. The molecule has 1 aromatic carbocycles. The Morgan fingerprint density at radius 1 is 1.53 bits per heavy atom. The molecule has 1 aromatic rings. The smallest absolute Gasteiger partial charge is 0.133 e. The van der Waals surface area contributed by atoms with Crippen LogP contribution < -0.4 is 10.5 Å². The number of aliphatic hydroxyl groups excluding tert-OH is 1. The van der Waals surface area contributed by atoms with E-state index in [9.17, 15) is 5.11 Å². The Kier molecular flexibility index (Phi) is 5.91. The number of benzene rings is 1. The van der Waals surface area contributed by atoms with Gasteiger partial charge in [0.25, 0.3) is 0 Å². The largest absolute Gasteiger partial charge is 0.496 e. The lowest BCUT2D eigenvalue weighted by atomic mass is 10.2. The molecular formula is C12H19BrN2O2. The third-order valence-electron chi connectivity index (χ3n) is 2.46. The average Bonchev–Trinajstić information content (AvgIpc) is 2.29. The Bertz CT molecular complexity index is 360. The zero-order valence-electron chi connectivity index (χ0n) is 10.2. The molecule has 4 nitrogen and oxygen atoms in total. The molecule has 3 N–H and O–H groups in total. The van der Waals surface area contributed by atoms with Gasteiger partial charge in [0.2, 0.25) is 0 Å². The fourth-order valence-electron chi connectivity index (χ4n) is 1.62. The molecule has 96 valence electrons. The summed E-state index contributed by atoms with van der Waals surface area (Å²) in [5.41, 5.74) is 6.53. The fourth-order valence-corrected chi connectivity index (χ4v) is 2.21. The van der Waals surface area contributed by atoms with Crippen LogP contribution in [-0.2, 0) is 6.54 Å². The highest BCUT2D eigenvalue weighted by atomic mass is 79.9. The van der Waals surface area contributed by atoms with Gasteiger partial charge in [0.05, 0.1) is 17.7 Å². The molecule has 17 heavy (non-hydrogen) atoms. The van der Waals surface area contributed by atoms with Gasteiger partial charge in [-0.3, -0.25) is 4.90 Å². The van der Waals surface area contributed by atoms with Crippen molar-refractivity contribution in [2.75, 3.05) is 27.2 Å². The van der Waals surface area contributed by atoms with E-state index in [0.29, 0.717) is 6.54 Å². The fraction of sp³-hybridized carbons (Fsp3) is 0.500. The van der Waals surface area contributed by atoms with E-state index in [0.717, 1.165) is 22.3 Å². The summed E-state index contributed by atoms with van der Waals surface area (Å²) in [6, 6.07) is 5.95. The van der Waals surface area contributed by atoms with Gasteiger partial charge in [-0.15, -0.1) is 0 Å². The number of halogens is 1. The molecule has 0 saturated heterocycles. The number of methoxy groups -OCH3 is 1. The SMILES string of the molecule is COc1ccc(CN(C)CC(O)CN)cc1Br. The number of likely N-dealkylation sites (N-methyl/N-ethyl adjacent to an activating group) is 1. The second-order valence-electron chi connectivity index (χ2n) is 4.06. The van der Waals surface area contributed by atoms with E-state index in [1.165, 1.54) is 0 Å². The van der Waals surface area contributed by atoms with Gasteiger partial charge >= 0.3 is 0 Å². The molecule has 5 heteroatoms. The lowest BCUT2D eigenvalue weighted by Gasteiger charge is -2.20. The minimum absolute atomic E-state index is 0.288. The first-order valence-electron chi connectivity index (χ1n) is 5.46. The molecule has 1 atom stereocenters. The predicted molar refractivity (Wildman–Crippen MR) is 72.1 cm³/mol. The van der Waals surface area contributed by atoms with Crippen LogP contribution >= 0.6 is 15.9 Å². The van der Waals surface area contributed by atoms with Gasteiger partial charge in [-0.05, 0) is 40.7 Å². The molecule has 0 aliphatic heterocycles. The zero-order valence-corrected chi connectivity index (χ0v) is 11.8. The Labute approximate surface area is 110 Å². The summed E-state index contributed by atoms with van der Waals surface area (Å²) in [7, 11) is 3.60. The topological polar surface area (TPSA) is 58.7 Å². The minimum Gasteiger partial charge on any atom is -0.496 e. The van der Waals surface area contributed by atoms with E-state index in [1.54, 1.807) is 7.11 Å². The highest BCUT2D eigenvalue weighted by Gasteiger charge is 2.08. The maximum Gasteiger partial charge on any atom is 0.133 e. The summed E-state index contributed by atoms with van der Waals surface area (Å²) in [6.07, 6.45) is -0.471. The molecular weight excluding hydrogens is 284 g/mol. The first-order valence-corrected chi connectivity index (χ1v) is 6.25. The van der Waals surface area contributed by atoms with Gasteiger partial charge in [-0.2, -0.15) is 0 Å². The van der Waals surface area contributed by atoms with Crippen molar-refractivity contribution in [3.63, 3.8) is 0 Å². The maximum atomic E-state index is 9.45. The summed E-state index contributed by atoms with van der Waals surface area (Å²) >= 11 is 3.45. The minimum atomic E-state index is -0.471. The molecule has 0 bridgehead atoms. The number of aliphatic hydroxyl groups is 1.